The van der Waals surface area contributed by atoms with Gasteiger partial charge in [-0.2, -0.15) is 0 Å². The molecule has 15 heavy (non-hydrogen) atoms. The van der Waals surface area contributed by atoms with Crippen molar-refractivity contribution in [1.29, 1.82) is 0 Å². The fourth-order valence-corrected chi connectivity index (χ4v) is 2.91. The highest BCUT2D eigenvalue weighted by molar-refractivity contribution is 9.10. The van der Waals surface area contributed by atoms with Gasteiger partial charge >= 0.3 is 0 Å². The second kappa shape index (κ2) is 4.14. The molecule has 2 N–H and O–H groups in total. The summed E-state index contributed by atoms with van der Waals surface area (Å²) in [7, 11) is 1.69. The Morgan fingerprint density at radius 3 is 2.67 bits per heavy atom. The Labute approximate surface area is 98.9 Å². The standard InChI is InChI=1S/C12H16BrNO/c1-15-9-2-3-10(11(13)8-9)12(4-5-12)6-7-14/h2-3,8H,4-7,14H2,1H3. The predicted molar refractivity (Wildman–Crippen MR) is 65.3 cm³/mol. The third-order valence-corrected chi connectivity index (χ3v) is 3.88. The molecule has 1 aromatic carbocycles. The van der Waals surface area contributed by atoms with Crippen molar-refractivity contribution >= 4 is 15.9 Å². The second-order valence-electron chi connectivity index (χ2n) is 4.16. The number of benzene rings is 1. The molecule has 1 aliphatic rings. The molecule has 3 heteroatoms. The van der Waals surface area contributed by atoms with Gasteiger partial charge in [0, 0.05) is 4.47 Å². The Bertz CT molecular complexity index is 361. The topological polar surface area (TPSA) is 35.2 Å². The van der Waals surface area contributed by atoms with Crippen molar-refractivity contribution in [2.45, 2.75) is 24.7 Å². The lowest BCUT2D eigenvalue weighted by atomic mass is 9.92. The van der Waals surface area contributed by atoms with Gasteiger partial charge < -0.3 is 10.5 Å². The van der Waals surface area contributed by atoms with Crippen LogP contribution in [0.15, 0.2) is 22.7 Å². The number of methoxy groups -OCH3 is 1. The van der Waals surface area contributed by atoms with Gasteiger partial charge in [-0.3, -0.25) is 0 Å². The molecule has 0 aromatic heterocycles. The van der Waals surface area contributed by atoms with Crippen LogP contribution in [-0.4, -0.2) is 13.7 Å². The van der Waals surface area contributed by atoms with Gasteiger partial charge in [0.1, 0.15) is 5.75 Å². The minimum absolute atomic E-state index is 0.347. The molecule has 0 heterocycles. The molecule has 0 aliphatic heterocycles. The van der Waals surface area contributed by atoms with Crippen LogP contribution >= 0.6 is 15.9 Å². The first kappa shape index (κ1) is 11.0. The van der Waals surface area contributed by atoms with Crippen LogP contribution < -0.4 is 10.5 Å². The Morgan fingerprint density at radius 2 is 2.20 bits per heavy atom. The molecule has 2 nitrogen and oxygen atoms in total. The number of rotatable bonds is 4. The van der Waals surface area contributed by atoms with Crippen molar-refractivity contribution < 1.29 is 4.74 Å². The third-order valence-electron chi connectivity index (χ3n) is 3.22. The van der Waals surface area contributed by atoms with E-state index in [2.05, 4.69) is 22.0 Å². The van der Waals surface area contributed by atoms with Gasteiger partial charge in [-0.1, -0.05) is 22.0 Å². The third kappa shape index (κ3) is 2.04. The predicted octanol–water partition coefficient (Wildman–Crippen LogP) is 2.84. The zero-order chi connectivity index (χ0) is 10.9. The van der Waals surface area contributed by atoms with E-state index >= 15 is 0 Å². The summed E-state index contributed by atoms with van der Waals surface area (Å²) >= 11 is 3.61. The molecule has 0 bridgehead atoms. The van der Waals surface area contributed by atoms with Gasteiger partial charge in [-0.15, -0.1) is 0 Å². The van der Waals surface area contributed by atoms with Gasteiger partial charge in [0.15, 0.2) is 0 Å². The lowest BCUT2D eigenvalue weighted by molar-refractivity contribution is 0.414. The van der Waals surface area contributed by atoms with Crippen molar-refractivity contribution in [3.8, 4) is 5.75 Å². The number of ether oxygens (including phenoxy) is 1. The van der Waals surface area contributed by atoms with E-state index in [1.54, 1.807) is 7.11 Å². The molecule has 0 saturated heterocycles. The summed E-state index contributed by atoms with van der Waals surface area (Å²) in [5.41, 5.74) is 7.39. The molecule has 2 rings (SSSR count). The van der Waals surface area contributed by atoms with Crippen LogP contribution in [0.1, 0.15) is 24.8 Å². The highest BCUT2D eigenvalue weighted by atomic mass is 79.9. The average molecular weight is 270 g/mol. The van der Waals surface area contributed by atoms with Gasteiger partial charge in [-0.25, -0.2) is 0 Å². The zero-order valence-corrected chi connectivity index (χ0v) is 10.5. The van der Waals surface area contributed by atoms with Crippen molar-refractivity contribution in [2.24, 2.45) is 5.73 Å². The highest BCUT2D eigenvalue weighted by Crippen LogP contribution is 2.53. The lowest BCUT2D eigenvalue weighted by Crippen LogP contribution is -2.13. The largest absolute Gasteiger partial charge is 0.497 e. The van der Waals surface area contributed by atoms with Crippen LogP contribution in [0.2, 0.25) is 0 Å². The molecule has 0 spiro atoms. The molecule has 1 fully saturated rings. The molecule has 0 atom stereocenters. The maximum atomic E-state index is 5.66. The fraction of sp³-hybridized carbons (Fsp3) is 0.500. The Hall–Kier alpha value is -0.540. The SMILES string of the molecule is COc1ccc(C2(CCN)CC2)c(Br)c1. The van der Waals surface area contributed by atoms with Crippen LogP contribution in [0.25, 0.3) is 0 Å². The molecule has 82 valence electrons. The molecule has 1 aliphatic carbocycles. The van der Waals surface area contributed by atoms with Crippen LogP contribution in [0.5, 0.6) is 5.75 Å². The monoisotopic (exact) mass is 269 g/mol. The van der Waals surface area contributed by atoms with E-state index in [-0.39, 0.29) is 0 Å². The van der Waals surface area contributed by atoms with E-state index in [0.717, 1.165) is 23.2 Å². The van der Waals surface area contributed by atoms with Gasteiger partial charge in [0.25, 0.3) is 0 Å². The van der Waals surface area contributed by atoms with Crippen LogP contribution in [-0.2, 0) is 5.41 Å². The zero-order valence-electron chi connectivity index (χ0n) is 8.92. The van der Waals surface area contributed by atoms with E-state index in [4.69, 9.17) is 10.5 Å². The highest BCUT2D eigenvalue weighted by Gasteiger charge is 2.44. The summed E-state index contributed by atoms with van der Waals surface area (Å²) in [5.74, 6) is 0.897. The average Bonchev–Trinajstić information content (AvgIpc) is 2.99. The number of nitrogens with two attached hydrogens (primary N) is 1. The van der Waals surface area contributed by atoms with Crippen molar-refractivity contribution in [3.63, 3.8) is 0 Å². The van der Waals surface area contributed by atoms with Crippen LogP contribution in [0.3, 0.4) is 0 Å². The number of halogens is 1. The normalized spacial score (nSPS) is 17.5. The summed E-state index contributed by atoms with van der Waals surface area (Å²) in [6.45, 7) is 0.762. The molecular formula is C12H16BrNO. The van der Waals surface area contributed by atoms with E-state index in [9.17, 15) is 0 Å². The summed E-state index contributed by atoms with van der Waals surface area (Å²) in [6.07, 6.45) is 3.60. The first-order valence-corrected chi connectivity index (χ1v) is 6.05. The second-order valence-corrected chi connectivity index (χ2v) is 5.02. The van der Waals surface area contributed by atoms with E-state index in [1.807, 2.05) is 12.1 Å². The molecule has 0 radical (unpaired) electrons. The fourth-order valence-electron chi connectivity index (χ4n) is 2.13. The number of hydrogen-bond acceptors (Lipinski definition) is 2. The van der Waals surface area contributed by atoms with Crippen LogP contribution in [0.4, 0.5) is 0 Å². The molecule has 1 aromatic rings. The Kier molecular flexibility index (Phi) is 3.03. The minimum atomic E-state index is 0.347. The first-order valence-electron chi connectivity index (χ1n) is 5.26. The smallest absolute Gasteiger partial charge is 0.120 e. The van der Waals surface area contributed by atoms with E-state index < -0.39 is 0 Å². The summed E-state index contributed by atoms with van der Waals surface area (Å²) in [5, 5.41) is 0. The van der Waals surface area contributed by atoms with E-state index in [1.165, 1.54) is 18.4 Å². The minimum Gasteiger partial charge on any atom is -0.497 e. The van der Waals surface area contributed by atoms with Gasteiger partial charge in [-0.05, 0) is 48.9 Å². The number of hydrogen-bond donors (Lipinski definition) is 1. The lowest BCUT2D eigenvalue weighted by Gasteiger charge is -2.17. The van der Waals surface area contributed by atoms with Crippen molar-refractivity contribution in [1.82, 2.24) is 0 Å². The van der Waals surface area contributed by atoms with Gasteiger partial charge in [0.2, 0.25) is 0 Å². The van der Waals surface area contributed by atoms with Crippen molar-refractivity contribution in [2.75, 3.05) is 13.7 Å². The van der Waals surface area contributed by atoms with Crippen molar-refractivity contribution in [3.05, 3.63) is 28.2 Å². The quantitative estimate of drug-likeness (QED) is 0.913. The summed E-state index contributed by atoms with van der Waals surface area (Å²) in [6, 6.07) is 6.22. The molecular weight excluding hydrogens is 254 g/mol. The molecule has 0 unspecified atom stereocenters. The van der Waals surface area contributed by atoms with Crippen LogP contribution in [0, 0.1) is 0 Å². The molecule has 0 amide bonds. The first-order chi connectivity index (χ1) is 7.22. The van der Waals surface area contributed by atoms with E-state index in [0.29, 0.717) is 5.41 Å². The summed E-state index contributed by atoms with van der Waals surface area (Å²) in [4.78, 5) is 0. The Morgan fingerprint density at radius 1 is 1.47 bits per heavy atom. The maximum absolute atomic E-state index is 5.66. The Balaban J connectivity index is 2.29. The summed E-state index contributed by atoms with van der Waals surface area (Å²) < 4.78 is 6.33. The van der Waals surface area contributed by atoms with Gasteiger partial charge in [0.05, 0.1) is 7.11 Å². The maximum Gasteiger partial charge on any atom is 0.120 e. The molecule has 1 saturated carbocycles.